The van der Waals surface area contributed by atoms with Crippen LogP contribution in [-0.4, -0.2) is 65.4 Å². The summed E-state index contributed by atoms with van der Waals surface area (Å²) in [6.07, 6.45) is 7.95. The van der Waals surface area contributed by atoms with Crippen LogP contribution >= 0.6 is 0 Å². The Morgan fingerprint density at radius 2 is 1.87 bits per heavy atom. The zero-order valence-electron chi connectivity index (χ0n) is 17.9. The van der Waals surface area contributed by atoms with Crippen molar-refractivity contribution < 1.29 is 14.2 Å². The van der Waals surface area contributed by atoms with E-state index < -0.39 is 0 Å². The minimum atomic E-state index is -0.124. The Labute approximate surface area is 182 Å². The van der Waals surface area contributed by atoms with Crippen molar-refractivity contribution in [2.24, 2.45) is 0 Å². The molecule has 0 saturated carbocycles. The van der Waals surface area contributed by atoms with Crippen molar-refractivity contribution in [2.75, 3.05) is 40.5 Å². The van der Waals surface area contributed by atoms with Crippen molar-refractivity contribution in [3.63, 3.8) is 0 Å². The number of ether oxygens (including phenoxy) is 3. The van der Waals surface area contributed by atoms with E-state index in [1.54, 1.807) is 26.6 Å². The highest BCUT2D eigenvalue weighted by atomic mass is 16.5. The third-order valence-corrected chi connectivity index (χ3v) is 5.21. The van der Waals surface area contributed by atoms with E-state index in [1.165, 1.54) is 0 Å². The molecule has 0 unspecified atom stereocenters. The number of benzene rings is 1. The third-order valence-electron chi connectivity index (χ3n) is 5.21. The zero-order chi connectivity index (χ0) is 21.5. The predicted molar refractivity (Wildman–Crippen MR) is 116 cm³/mol. The van der Waals surface area contributed by atoms with Gasteiger partial charge in [0, 0.05) is 56.7 Å². The average Bonchev–Trinajstić information content (AvgIpc) is 2.84. The van der Waals surface area contributed by atoms with Crippen LogP contribution in [0.3, 0.4) is 0 Å². The molecule has 0 spiro atoms. The van der Waals surface area contributed by atoms with Gasteiger partial charge in [0.25, 0.3) is 0 Å². The summed E-state index contributed by atoms with van der Waals surface area (Å²) in [5.41, 5.74) is 3.73. The Morgan fingerprint density at radius 3 is 2.61 bits per heavy atom. The van der Waals surface area contributed by atoms with Crippen LogP contribution in [0.15, 0.2) is 49.1 Å². The molecule has 2 aromatic heterocycles. The summed E-state index contributed by atoms with van der Waals surface area (Å²) >= 11 is 0. The second-order valence-electron chi connectivity index (χ2n) is 7.40. The molecule has 162 valence electrons. The van der Waals surface area contributed by atoms with E-state index in [4.69, 9.17) is 19.2 Å². The molecule has 1 aliphatic heterocycles. The van der Waals surface area contributed by atoms with E-state index in [-0.39, 0.29) is 6.10 Å². The van der Waals surface area contributed by atoms with Crippen molar-refractivity contribution in [2.45, 2.75) is 19.1 Å². The Morgan fingerprint density at radius 1 is 1.06 bits per heavy atom. The molecule has 1 saturated heterocycles. The van der Waals surface area contributed by atoms with Crippen LogP contribution in [0.5, 0.6) is 5.75 Å². The fourth-order valence-corrected chi connectivity index (χ4v) is 3.51. The van der Waals surface area contributed by atoms with Gasteiger partial charge in [-0.3, -0.25) is 9.88 Å². The number of aromatic nitrogens is 4. The van der Waals surface area contributed by atoms with E-state index in [0.29, 0.717) is 13.2 Å². The monoisotopic (exact) mass is 421 g/mol. The Hall–Kier alpha value is -2.94. The SMILES string of the molecule is COCCc1ncc(CN2CCO[C@H](c3cncc(-c4ccc(OC)cc4)n3)C2)cn1. The van der Waals surface area contributed by atoms with Crippen LogP contribution in [0.25, 0.3) is 11.3 Å². The van der Waals surface area contributed by atoms with Gasteiger partial charge in [-0.05, 0) is 24.3 Å². The summed E-state index contributed by atoms with van der Waals surface area (Å²) in [5, 5.41) is 0. The maximum atomic E-state index is 6.01. The highest BCUT2D eigenvalue weighted by molar-refractivity contribution is 5.59. The van der Waals surface area contributed by atoms with Gasteiger partial charge in [-0.15, -0.1) is 0 Å². The highest BCUT2D eigenvalue weighted by Crippen LogP contribution is 2.25. The molecule has 0 aliphatic carbocycles. The van der Waals surface area contributed by atoms with Crippen molar-refractivity contribution in [3.05, 3.63) is 66.1 Å². The molecule has 3 aromatic rings. The second-order valence-corrected chi connectivity index (χ2v) is 7.40. The lowest BCUT2D eigenvalue weighted by Crippen LogP contribution is -2.38. The Bertz CT molecular complexity index is 966. The van der Waals surface area contributed by atoms with Crippen molar-refractivity contribution >= 4 is 0 Å². The largest absolute Gasteiger partial charge is 0.497 e. The van der Waals surface area contributed by atoms with E-state index in [0.717, 1.165) is 60.1 Å². The number of methoxy groups -OCH3 is 2. The van der Waals surface area contributed by atoms with Gasteiger partial charge in [0.05, 0.1) is 44.1 Å². The third kappa shape index (κ3) is 5.61. The standard InChI is InChI=1S/C23H27N5O3/c1-29-9-7-23-25-11-17(12-26-23)15-28-8-10-31-22(16-28)21-14-24-13-20(27-21)18-3-5-19(30-2)6-4-18/h3-6,11-14,22H,7-10,15-16H2,1-2H3/t22-/m0/s1. The van der Waals surface area contributed by atoms with E-state index in [9.17, 15) is 0 Å². The molecule has 1 fully saturated rings. The summed E-state index contributed by atoms with van der Waals surface area (Å²) < 4.78 is 16.3. The molecule has 0 radical (unpaired) electrons. The average molecular weight is 422 g/mol. The fraction of sp³-hybridized carbons (Fsp3) is 0.391. The normalized spacial score (nSPS) is 16.9. The smallest absolute Gasteiger partial charge is 0.130 e. The molecule has 1 aromatic carbocycles. The first-order chi connectivity index (χ1) is 15.2. The van der Waals surface area contributed by atoms with Crippen molar-refractivity contribution in [1.82, 2.24) is 24.8 Å². The van der Waals surface area contributed by atoms with Crippen LogP contribution in [-0.2, 0) is 22.4 Å². The molecule has 4 rings (SSSR count). The summed E-state index contributed by atoms with van der Waals surface area (Å²) in [6, 6.07) is 7.81. The van der Waals surface area contributed by atoms with Crippen LogP contribution in [0.4, 0.5) is 0 Å². The summed E-state index contributed by atoms with van der Waals surface area (Å²) in [5.74, 6) is 1.62. The lowest BCUT2D eigenvalue weighted by molar-refractivity contribution is -0.0351. The van der Waals surface area contributed by atoms with Gasteiger partial charge < -0.3 is 14.2 Å². The van der Waals surface area contributed by atoms with Gasteiger partial charge in [-0.25, -0.2) is 15.0 Å². The molecule has 8 heteroatoms. The first-order valence-corrected chi connectivity index (χ1v) is 10.3. The lowest BCUT2D eigenvalue weighted by Gasteiger charge is -2.32. The minimum absolute atomic E-state index is 0.124. The van der Waals surface area contributed by atoms with Crippen LogP contribution in [0.2, 0.25) is 0 Å². The van der Waals surface area contributed by atoms with Crippen LogP contribution in [0.1, 0.15) is 23.2 Å². The molecule has 0 bridgehead atoms. The van der Waals surface area contributed by atoms with E-state index in [2.05, 4.69) is 19.9 Å². The molecular weight excluding hydrogens is 394 g/mol. The number of rotatable bonds is 8. The summed E-state index contributed by atoms with van der Waals surface area (Å²) in [4.78, 5) is 20.4. The molecule has 1 atom stereocenters. The Kier molecular flexibility index (Phi) is 7.14. The highest BCUT2D eigenvalue weighted by Gasteiger charge is 2.24. The van der Waals surface area contributed by atoms with Gasteiger partial charge in [-0.2, -0.15) is 0 Å². The van der Waals surface area contributed by atoms with Gasteiger partial charge in [0.15, 0.2) is 0 Å². The molecule has 31 heavy (non-hydrogen) atoms. The van der Waals surface area contributed by atoms with Gasteiger partial charge in [-0.1, -0.05) is 0 Å². The Balaban J connectivity index is 1.41. The molecule has 1 aliphatic rings. The van der Waals surface area contributed by atoms with Crippen LogP contribution in [0, 0.1) is 0 Å². The molecule has 0 N–H and O–H groups in total. The van der Waals surface area contributed by atoms with Crippen molar-refractivity contribution in [1.29, 1.82) is 0 Å². The summed E-state index contributed by atoms with van der Waals surface area (Å²) in [7, 11) is 3.34. The van der Waals surface area contributed by atoms with E-state index >= 15 is 0 Å². The number of hydrogen-bond donors (Lipinski definition) is 0. The van der Waals surface area contributed by atoms with Gasteiger partial charge >= 0.3 is 0 Å². The van der Waals surface area contributed by atoms with Gasteiger partial charge in [0.1, 0.15) is 17.7 Å². The number of morpholine rings is 1. The first kappa shape index (κ1) is 21.3. The fourth-order valence-electron chi connectivity index (χ4n) is 3.51. The predicted octanol–water partition coefficient (Wildman–Crippen LogP) is 2.70. The maximum absolute atomic E-state index is 6.01. The zero-order valence-corrected chi connectivity index (χ0v) is 17.9. The molecule has 3 heterocycles. The molecule has 0 amide bonds. The summed E-state index contributed by atoms with van der Waals surface area (Å²) in [6.45, 7) is 3.64. The topological polar surface area (TPSA) is 82.5 Å². The molecular formula is C23H27N5O3. The van der Waals surface area contributed by atoms with Crippen LogP contribution < -0.4 is 4.74 Å². The van der Waals surface area contributed by atoms with E-state index in [1.807, 2.05) is 36.7 Å². The maximum Gasteiger partial charge on any atom is 0.130 e. The van der Waals surface area contributed by atoms with Gasteiger partial charge in [0.2, 0.25) is 0 Å². The quantitative estimate of drug-likeness (QED) is 0.549. The first-order valence-electron chi connectivity index (χ1n) is 10.3. The van der Waals surface area contributed by atoms with Crippen molar-refractivity contribution in [3.8, 4) is 17.0 Å². The molecule has 8 nitrogen and oxygen atoms in total. The lowest BCUT2D eigenvalue weighted by atomic mass is 10.1. The number of hydrogen-bond acceptors (Lipinski definition) is 8. The number of nitrogens with zero attached hydrogens (tertiary/aromatic N) is 5. The second kappa shape index (κ2) is 10.4. The minimum Gasteiger partial charge on any atom is -0.497 e.